The third-order valence-electron chi connectivity index (χ3n) is 4.13. The molecule has 0 saturated heterocycles. The van der Waals surface area contributed by atoms with E-state index in [1.807, 2.05) is 18.2 Å². The predicted molar refractivity (Wildman–Crippen MR) is 85.8 cm³/mol. The highest BCUT2D eigenvalue weighted by Crippen LogP contribution is 2.26. The normalized spacial score (nSPS) is 13.3. The molecule has 1 amide bonds. The summed E-state index contributed by atoms with van der Waals surface area (Å²) < 4.78 is 0. The van der Waals surface area contributed by atoms with Gasteiger partial charge >= 0.3 is 0 Å². The second-order valence-electron chi connectivity index (χ2n) is 6.55. The zero-order valence-corrected chi connectivity index (χ0v) is 13.6. The van der Waals surface area contributed by atoms with Gasteiger partial charge < -0.3 is 10.6 Å². The van der Waals surface area contributed by atoms with Crippen LogP contribution < -0.4 is 10.6 Å². The third-order valence-corrected chi connectivity index (χ3v) is 4.13. The smallest absolute Gasteiger partial charge is 0.221 e. The van der Waals surface area contributed by atoms with Gasteiger partial charge in [0.2, 0.25) is 5.91 Å². The topological polar surface area (TPSA) is 41.1 Å². The summed E-state index contributed by atoms with van der Waals surface area (Å²) in [6.45, 7) is 13.7. The van der Waals surface area contributed by atoms with Crippen molar-refractivity contribution in [2.75, 3.05) is 11.9 Å². The van der Waals surface area contributed by atoms with Gasteiger partial charge in [-0.05, 0) is 36.0 Å². The molecular weight excluding hydrogens is 248 g/mol. The molecule has 3 nitrogen and oxygen atoms in total. The number of nitrogens with one attached hydrogen (secondary N) is 2. The van der Waals surface area contributed by atoms with Gasteiger partial charge in [0.1, 0.15) is 0 Å². The number of amides is 1. The number of benzene rings is 1. The Hall–Kier alpha value is -1.35. The number of anilines is 1. The van der Waals surface area contributed by atoms with Crippen LogP contribution in [0.4, 0.5) is 5.69 Å². The summed E-state index contributed by atoms with van der Waals surface area (Å²) in [6, 6.07) is 8.27. The van der Waals surface area contributed by atoms with E-state index in [9.17, 15) is 4.79 Å². The number of hydrogen-bond donors (Lipinski definition) is 2. The van der Waals surface area contributed by atoms with E-state index in [0.29, 0.717) is 5.92 Å². The average molecular weight is 276 g/mol. The molecule has 0 saturated carbocycles. The fourth-order valence-electron chi connectivity index (χ4n) is 1.83. The number of rotatable bonds is 6. The minimum atomic E-state index is -0.0382. The van der Waals surface area contributed by atoms with E-state index in [2.05, 4.69) is 51.3 Å². The Labute approximate surface area is 123 Å². The highest BCUT2D eigenvalue weighted by Gasteiger charge is 2.22. The number of hydrogen-bond acceptors (Lipinski definition) is 2. The second-order valence-corrected chi connectivity index (χ2v) is 6.55. The Kier molecular flexibility index (Phi) is 5.75. The third kappa shape index (κ3) is 4.97. The summed E-state index contributed by atoms with van der Waals surface area (Å²) in [6.07, 6.45) is 0. The molecule has 0 aromatic heterocycles. The van der Waals surface area contributed by atoms with Crippen LogP contribution >= 0.6 is 0 Å². The quantitative estimate of drug-likeness (QED) is 0.825. The first-order valence-corrected chi connectivity index (χ1v) is 7.33. The van der Waals surface area contributed by atoms with Crippen LogP contribution in [0.15, 0.2) is 24.3 Å². The first-order chi connectivity index (χ1) is 9.22. The molecule has 0 aliphatic carbocycles. The Bertz CT molecular complexity index is 452. The van der Waals surface area contributed by atoms with E-state index in [-0.39, 0.29) is 17.4 Å². The van der Waals surface area contributed by atoms with Crippen molar-refractivity contribution in [3.8, 4) is 0 Å². The van der Waals surface area contributed by atoms with Gasteiger partial charge in [-0.1, -0.05) is 39.8 Å². The largest absolute Gasteiger partial charge is 0.326 e. The lowest BCUT2D eigenvalue weighted by atomic mass is 9.81. The molecule has 1 rings (SSSR count). The van der Waals surface area contributed by atoms with Crippen molar-refractivity contribution in [1.82, 2.24) is 5.32 Å². The maximum Gasteiger partial charge on any atom is 0.221 e. The molecule has 1 aromatic rings. The van der Waals surface area contributed by atoms with Gasteiger partial charge in [-0.3, -0.25) is 4.79 Å². The van der Waals surface area contributed by atoms with Crippen LogP contribution in [-0.4, -0.2) is 12.5 Å². The van der Waals surface area contributed by atoms with Gasteiger partial charge in [0.05, 0.1) is 0 Å². The molecule has 20 heavy (non-hydrogen) atoms. The lowest BCUT2D eigenvalue weighted by molar-refractivity contribution is -0.114. The van der Waals surface area contributed by atoms with Crippen LogP contribution in [-0.2, 0) is 4.79 Å². The minimum absolute atomic E-state index is 0.0382. The average Bonchev–Trinajstić information content (AvgIpc) is 2.35. The van der Waals surface area contributed by atoms with Crippen LogP contribution in [0.25, 0.3) is 0 Å². The molecular formula is C17H28N2O. The maximum absolute atomic E-state index is 11.1. The zero-order chi connectivity index (χ0) is 15.3. The predicted octanol–water partition coefficient (Wildman–Crippen LogP) is 3.98. The molecule has 0 radical (unpaired) electrons. The fraction of sp³-hybridized carbons (Fsp3) is 0.588. The maximum atomic E-state index is 11.1. The molecule has 0 aliphatic rings. The number of carbonyl (C=O) groups is 1. The SMILES string of the molecule is CC(=O)Nc1cccc(C(C)NCC(C)(C)C(C)C)c1. The summed E-state index contributed by atoms with van der Waals surface area (Å²) in [7, 11) is 0. The van der Waals surface area contributed by atoms with Gasteiger partial charge in [0.25, 0.3) is 0 Å². The molecule has 112 valence electrons. The van der Waals surface area contributed by atoms with Crippen molar-refractivity contribution in [2.24, 2.45) is 11.3 Å². The van der Waals surface area contributed by atoms with E-state index < -0.39 is 0 Å². The monoisotopic (exact) mass is 276 g/mol. The van der Waals surface area contributed by atoms with Crippen LogP contribution in [0.5, 0.6) is 0 Å². The molecule has 0 fully saturated rings. The number of carbonyl (C=O) groups excluding carboxylic acids is 1. The highest BCUT2D eigenvalue weighted by atomic mass is 16.1. The zero-order valence-electron chi connectivity index (χ0n) is 13.6. The van der Waals surface area contributed by atoms with E-state index in [0.717, 1.165) is 12.2 Å². The first-order valence-electron chi connectivity index (χ1n) is 7.33. The Morgan fingerprint density at radius 1 is 1.25 bits per heavy atom. The molecule has 2 N–H and O–H groups in total. The molecule has 0 heterocycles. The van der Waals surface area contributed by atoms with Crippen molar-refractivity contribution < 1.29 is 4.79 Å². The van der Waals surface area contributed by atoms with Crippen molar-refractivity contribution in [2.45, 2.75) is 47.6 Å². The lowest BCUT2D eigenvalue weighted by Gasteiger charge is -2.31. The summed E-state index contributed by atoms with van der Waals surface area (Å²) in [5.74, 6) is 0.594. The van der Waals surface area contributed by atoms with Gasteiger partial charge in [-0.15, -0.1) is 0 Å². The molecule has 1 aromatic carbocycles. The summed E-state index contributed by atoms with van der Waals surface area (Å²) >= 11 is 0. The Balaban J connectivity index is 2.68. The summed E-state index contributed by atoms with van der Waals surface area (Å²) in [4.78, 5) is 11.1. The summed E-state index contributed by atoms with van der Waals surface area (Å²) in [5, 5.41) is 6.41. The molecule has 0 spiro atoms. The van der Waals surface area contributed by atoms with E-state index in [1.165, 1.54) is 12.5 Å². The molecule has 1 atom stereocenters. The summed E-state index contributed by atoms with van der Waals surface area (Å²) in [5.41, 5.74) is 2.31. The highest BCUT2D eigenvalue weighted by molar-refractivity contribution is 5.88. The van der Waals surface area contributed by atoms with Crippen molar-refractivity contribution >= 4 is 11.6 Å². The first kappa shape index (κ1) is 16.7. The van der Waals surface area contributed by atoms with Gasteiger partial charge in [0, 0.05) is 25.2 Å². The van der Waals surface area contributed by atoms with Crippen LogP contribution in [0.2, 0.25) is 0 Å². The van der Waals surface area contributed by atoms with Crippen LogP contribution in [0, 0.1) is 11.3 Å². The van der Waals surface area contributed by atoms with E-state index in [1.54, 1.807) is 0 Å². The van der Waals surface area contributed by atoms with Crippen molar-refractivity contribution in [3.05, 3.63) is 29.8 Å². The minimum Gasteiger partial charge on any atom is -0.326 e. The molecule has 0 aliphatic heterocycles. The van der Waals surface area contributed by atoms with Crippen molar-refractivity contribution in [1.29, 1.82) is 0 Å². The molecule has 1 unspecified atom stereocenters. The van der Waals surface area contributed by atoms with Gasteiger partial charge in [0.15, 0.2) is 0 Å². The fourth-order valence-corrected chi connectivity index (χ4v) is 1.83. The molecule has 3 heteroatoms. The Morgan fingerprint density at radius 2 is 1.90 bits per heavy atom. The van der Waals surface area contributed by atoms with Crippen LogP contribution in [0.3, 0.4) is 0 Å². The van der Waals surface area contributed by atoms with Gasteiger partial charge in [-0.25, -0.2) is 0 Å². The lowest BCUT2D eigenvalue weighted by Crippen LogP contribution is -2.34. The molecule has 0 bridgehead atoms. The standard InChI is InChI=1S/C17H28N2O/c1-12(2)17(5,6)11-18-13(3)15-8-7-9-16(10-15)19-14(4)20/h7-10,12-13,18H,11H2,1-6H3,(H,19,20). The van der Waals surface area contributed by atoms with Crippen molar-refractivity contribution in [3.63, 3.8) is 0 Å². The Morgan fingerprint density at radius 3 is 2.45 bits per heavy atom. The second kappa shape index (κ2) is 6.89. The van der Waals surface area contributed by atoms with Gasteiger partial charge in [-0.2, -0.15) is 0 Å². The van der Waals surface area contributed by atoms with Crippen LogP contribution in [0.1, 0.15) is 53.1 Å². The van der Waals surface area contributed by atoms with E-state index in [4.69, 9.17) is 0 Å². The van der Waals surface area contributed by atoms with E-state index >= 15 is 0 Å².